The van der Waals surface area contributed by atoms with E-state index in [0.717, 1.165) is 22.9 Å². The highest BCUT2D eigenvalue weighted by Gasteiger charge is 2.12. The number of rotatable bonds is 7. The minimum atomic E-state index is 0.156. The summed E-state index contributed by atoms with van der Waals surface area (Å²) in [6.07, 6.45) is 0. The zero-order valence-corrected chi connectivity index (χ0v) is 15.2. The normalized spacial score (nSPS) is 11.0. The molecule has 2 rings (SSSR count). The smallest absolute Gasteiger partial charge is 0.142 e. The molecule has 2 aromatic carbocycles. The molecule has 0 aromatic heterocycles. The number of nitrogens with one attached hydrogen (secondary N) is 1. The second kappa shape index (κ2) is 7.95. The molecule has 0 aliphatic heterocycles. The zero-order chi connectivity index (χ0) is 17.6. The molecule has 0 saturated carbocycles. The summed E-state index contributed by atoms with van der Waals surface area (Å²) in [7, 11) is 3.30. The van der Waals surface area contributed by atoms with Crippen LogP contribution in [0.2, 0.25) is 0 Å². The van der Waals surface area contributed by atoms with Gasteiger partial charge in [0, 0.05) is 12.6 Å². The van der Waals surface area contributed by atoms with Crippen LogP contribution < -0.4 is 19.5 Å². The molecule has 0 spiro atoms. The second-order valence-electron chi connectivity index (χ2n) is 6.62. The summed E-state index contributed by atoms with van der Waals surface area (Å²) < 4.78 is 16.4. The molecular weight excluding hydrogens is 302 g/mol. The molecule has 0 saturated heterocycles. The summed E-state index contributed by atoms with van der Waals surface area (Å²) in [6.45, 7) is 7.84. The third kappa shape index (κ3) is 4.82. The van der Waals surface area contributed by atoms with Gasteiger partial charge in [0.2, 0.25) is 0 Å². The van der Waals surface area contributed by atoms with E-state index in [1.165, 1.54) is 5.56 Å². The molecule has 0 aliphatic rings. The number of anilines is 1. The zero-order valence-electron chi connectivity index (χ0n) is 15.2. The van der Waals surface area contributed by atoms with Crippen LogP contribution in [0.15, 0.2) is 42.5 Å². The van der Waals surface area contributed by atoms with Crippen molar-refractivity contribution in [3.05, 3.63) is 48.0 Å². The minimum Gasteiger partial charge on any atom is -0.497 e. The topological polar surface area (TPSA) is 39.7 Å². The maximum Gasteiger partial charge on any atom is 0.142 e. The Balaban J connectivity index is 1.87. The third-order valence-electron chi connectivity index (χ3n) is 3.81. The third-order valence-corrected chi connectivity index (χ3v) is 3.81. The molecule has 1 N–H and O–H groups in total. The average molecular weight is 329 g/mol. The van der Waals surface area contributed by atoms with Gasteiger partial charge in [0.1, 0.15) is 23.9 Å². The first-order valence-corrected chi connectivity index (χ1v) is 8.13. The van der Waals surface area contributed by atoms with Crippen LogP contribution in [-0.2, 0) is 5.41 Å². The van der Waals surface area contributed by atoms with Gasteiger partial charge in [0.15, 0.2) is 0 Å². The van der Waals surface area contributed by atoms with E-state index < -0.39 is 0 Å². The van der Waals surface area contributed by atoms with Gasteiger partial charge in [-0.15, -0.1) is 0 Å². The van der Waals surface area contributed by atoms with Gasteiger partial charge < -0.3 is 19.5 Å². The van der Waals surface area contributed by atoms with Gasteiger partial charge >= 0.3 is 0 Å². The van der Waals surface area contributed by atoms with Gasteiger partial charge in [0.25, 0.3) is 0 Å². The molecule has 0 unspecified atom stereocenters. The number of methoxy groups -OCH3 is 2. The fourth-order valence-corrected chi connectivity index (χ4v) is 2.36. The lowest BCUT2D eigenvalue weighted by molar-refractivity contribution is 0.332. The molecule has 24 heavy (non-hydrogen) atoms. The van der Waals surface area contributed by atoms with E-state index in [9.17, 15) is 0 Å². The monoisotopic (exact) mass is 329 g/mol. The molecule has 0 radical (unpaired) electrons. The van der Waals surface area contributed by atoms with Gasteiger partial charge in [-0.2, -0.15) is 0 Å². The van der Waals surface area contributed by atoms with Gasteiger partial charge in [0.05, 0.1) is 19.9 Å². The number of hydrogen-bond acceptors (Lipinski definition) is 4. The Kier molecular flexibility index (Phi) is 5.96. The summed E-state index contributed by atoms with van der Waals surface area (Å²) in [6, 6.07) is 13.9. The first-order chi connectivity index (χ1) is 11.4. The van der Waals surface area contributed by atoms with Crippen molar-refractivity contribution in [3.8, 4) is 17.2 Å². The van der Waals surface area contributed by atoms with Crippen molar-refractivity contribution in [1.29, 1.82) is 0 Å². The van der Waals surface area contributed by atoms with Crippen molar-refractivity contribution in [3.63, 3.8) is 0 Å². The molecule has 0 bridgehead atoms. The number of ether oxygens (including phenoxy) is 3. The van der Waals surface area contributed by atoms with Gasteiger partial charge in [-0.05, 0) is 35.2 Å². The Hall–Kier alpha value is -2.36. The molecule has 0 amide bonds. The van der Waals surface area contributed by atoms with Crippen LogP contribution in [0.1, 0.15) is 26.3 Å². The largest absolute Gasteiger partial charge is 0.497 e. The van der Waals surface area contributed by atoms with Crippen molar-refractivity contribution < 1.29 is 14.2 Å². The Morgan fingerprint density at radius 3 is 2.12 bits per heavy atom. The summed E-state index contributed by atoms with van der Waals surface area (Å²) in [5.74, 6) is 2.45. The molecule has 0 heterocycles. The molecule has 130 valence electrons. The maximum atomic E-state index is 5.79. The predicted octanol–water partition coefficient (Wildman–Crippen LogP) is 4.49. The van der Waals surface area contributed by atoms with Crippen molar-refractivity contribution in [2.45, 2.75) is 26.2 Å². The fourth-order valence-electron chi connectivity index (χ4n) is 2.36. The van der Waals surface area contributed by atoms with E-state index >= 15 is 0 Å². The average Bonchev–Trinajstić information content (AvgIpc) is 2.58. The molecule has 0 atom stereocenters. The van der Waals surface area contributed by atoms with Crippen LogP contribution >= 0.6 is 0 Å². The second-order valence-corrected chi connectivity index (χ2v) is 6.62. The number of benzene rings is 2. The van der Waals surface area contributed by atoms with Gasteiger partial charge in [-0.3, -0.25) is 0 Å². The Morgan fingerprint density at radius 2 is 1.54 bits per heavy atom. The van der Waals surface area contributed by atoms with E-state index in [4.69, 9.17) is 14.2 Å². The van der Waals surface area contributed by atoms with E-state index in [2.05, 4.69) is 38.2 Å². The summed E-state index contributed by atoms with van der Waals surface area (Å²) in [5.41, 5.74) is 2.35. The maximum absolute atomic E-state index is 5.79. The highest BCUT2D eigenvalue weighted by molar-refractivity contribution is 5.59. The predicted molar refractivity (Wildman–Crippen MR) is 98.7 cm³/mol. The van der Waals surface area contributed by atoms with Crippen LogP contribution in [0.4, 0.5) is 5.69 Å². The quantitative estimate of drug-likeness (QED) is 0.760. The molecule has 0 fully saturated rings. The molecule has 0 aliphatic carbocycles. The molecular formula is C20H27NO3. The van der Waals surface area contributed by atoms with Crippen molar-refractivity contribution in [2.75, 3.05) is 32.7 Å². The highest BCUT2D eigenvalue weighted by atomic mass is 16.5. The van der Waals surface area contributed by atoms with Crippen molar-refractivity contribution in [1.82, 2.24) is 0 Å². The molecule has 4 heteroatoms. The highest BCUT2D eigenvalue weighted by Crippen LogP contribution is 2.28. The van der Waals surface area contributed by atoms with Crippen LogP contribution in [-0.4, -0.2) is 27.4 Å². The molecule has 4 nitrogen and oxygen atoms in total. The summed E-state index contributed by atoms with van der Waals surface area (Å²) >= 11 is 0. The van der Waals surface area contributed by atoms with Gasteiger partial charge in [-0.25, -0.2) is 0 Å². The standard InChI is InChI=1S/C20H27NO3/c1-20(2,3)15-6-8-16(9-7-15)24-13-12-21-18-14-17(22-4)10-11-19(18)23-5/h6-11,14,21H,12-13H2,1-5H3. The van der Waals surface area contributed by atoms with Crippen molar-refractivity contribution in [2.24, 2.45) is 0 Å². The van der Waals surface area contributed by atoms with E-state index in [0.29, 0.717) is 13.2 Å². The van der Waals surface area contributed by atoms with E-state index in [-0.39, 0.29) is 5.41 Å². The lowest BCUT2D eigenvalue weighted by Crippen LogP contribution is -2.13. The minimum absolute atomic E-state index is 0.156. The van der Waals surface area contributed by atoms with Crippen molar-refractivity contribution >= 4 is 5.69 Å². The Morgan fingerprint density at radius 1 is 0.875 bits per heavy atom. The first kappa shape index (κ1) is 18.0. The van der Waals surface area contributed by atoms with E-state index in [1.807, 2.05) is 30.3 Å². The Labute approximate surface area is 144 Å². The lowest BCUT2D eigenvalue weighted by atomic mass is 9.87. The lowest BCUT2D eigenvalue weighted by Gasteiger charge is -2.19. The van der Waals surface area contributed by atoms with Crippen LogP contribution in [0, 0.1) is 0 Å². The van der Waals surface area contributed by atoms with Crippen LogP contribution in [0.25, 0.3) is 0 Å². The first-order valence-electron chi connectivity index (χ1n) is 8.13. The SMILES string of the molecule is COc1ccc(OC)c(NCCOc2ccc(C(C)(C)C)cc2)c1. The van der Waals surface area contributed by atoms with E-state index in [1.54, 1.807) is 14.2 Å². The van der Waals surface area contributed by atoms with Crippen LogP contribution in [0.3, 0.4) is 0 Å². The summed E-state index contributed by atoms with van der Waals surface area (Å²) in [4.78, 5) is 0. The number of hydrogen-bond donors (Lipinski definition) is 1. The fraction of sp³-hybridized carbons (Fsp3) is 0.400. The molecule has 2 aromatic rings. The Bertz CT molecular complexity index is 645. The van der Waals surface area contributed by atoms with Gasteiger partial charge in [-0.1, -0.05) is 32.9 Å². The van der Waals surface area contributed by atoms with Crippen LogP contribution in [0.5, 0.6) is 17.2 Å². The summed E-state index contributed by atoms with van der Waals surface area (Å²) in [5, 5.41) is 3.31.